The molecule has 1 unspecified atom stereocenters. The Hall–Kier alpha value is -2.80. The summed E-state index contributed by atoms with van der Waals surface area (Å²) in [5.74, 6) is -1.42. The number of fused-ring (bicyclic) bond motifs is 1. The Morgan fingerprint density at radius 2 is 1.83 bits per heavy atom. The molecule has 0 aliphatic heterocycles. The lowest BCUT2D eigenvalue weighted by Gasteiger charge is -2.17. The number of aryl methyl sites for hydroxylation is 1. The van der Waals surface area contributed by atoms with E-state index >= 15 is 0 Å². The highest BCUT2D eigenvalue weighted by Gasteiger charge is 2.33. The number of esters is 1. The second kappa shape index (κ2) is 8.29. The van der Waals surface area contributed by atoms with E-state index in [4.69, 9.17) is 4.74 Å². The molecule has 0 amide bonds. The van der Waals surface area contributed by atoms with Crippen molar-refractivity contribution in [1.82, 2.24) is 4.98 Å². The van der Waals surface area contributed by atoms with Crippen LogP contribution in [0.25, 0.3) is 10.9 Å². The van der Waals surface area contributed by atoms with Crippen LogP contribution in [0.3, 0.4) is 0 Å². The Morgan fingerprint density at radius 3 is 2.45 bits per heavy atom. The minimum atomic E-state index is -3.69. The molecule has 154 valence electrons. The zero-order chi connectivity index (χ0) is 21.2. The van der Waals surface area contributed by atoms with E-state index in [1.807, 2.05) is 30.3 Å². The fourth-order valence-electron chi connectivity index (χ4n) is 3.54. The van der Waals surface area contributed by atoms with E-state index in [0.717, 1.165) is 5.56 Å². The molecule has 0 aliphatic carbocycles. The smallest absolute Gasteiger partial charge is 0.315 e. The van der Waals surface area contributed by atoms with Crippen molar-refractivity contribution in [2.45, 2.75) is 38.0 Å². The Kier molecular flexibility index (Phi) is 5.98. The Morgan fingerprint density at radius 1 is 1.14 bits per heavy atom. The minimum Gasteiger partial charge on any atom is -0.508 e. The van der Waals surface area contributed by atoms with Gasteiger partial charge in [-0.2, -0.15) is 0 Å². The summed E-state index contributed by atoms with van der Waals surface area (Å²) in [6.45, 7) is 5.14. The van der Waals surface area contributed by atoms with Crippen LogP contribution >= 0.6 is 0 Å². The molecule has 0 bridgehead atoms. The van der Waals surface area contributed by atoms with E-state index in [-0.39, 0.29) is 23.0 Å². The zero-order valence-electron chi connectivity index (χ0n) is 16.7. The number of benzene rings is 2. The third kappa shape index (κ3) is 4.00. The van der Waals surface area contributed by atoms with Gasteiger partial charge in [0, 0.05) is 22.2 Å². The van der Waals surface area contributed by atoms with E-state index in [9.17, 15) is 18.3 Å². The van der Waals surface area contributed by atoms with E-state index in [1.54, 1.807) is 26.8 Å². The Labute approximate surface area is 170 Å². The Balaban J connectivity index is 2.29. The predicted octanol–water partition coefficient (Wildman–Crippen LogP) is 3.86. The normalized spacial score (nSPS) is 12.8. The first-order valence-corrected chi connectivity index (χ1v) is 11.2. The lowest BCUT2D eigenvalue weighted by atomic mass is 9.96. The van der Waals surface area contributed by atoms with Gasteiger partial charge in [-0.25, -0.2) is 8.42 Å². The first kappa shape index (κ1) is 20.9. The minimum absolute atomic E-state index is 0.00588. The molecular formula is C22H25NO5S. The average molecular weight is 416 g/mol. The van der Waals surface area contributed by atoms with Crippen LogP contribution in [0.15, 0.2) is 47.4 Å². The van der Waals surface area contributed by atoms with Crippen LogP contribution in [0, 0.1) is 6.92 Å². The molecule has 2 aromatic carbocycles. The fraction of sp³-hybridized carbons (Fsp3) is 0.318. The monoisotopic (exact) mass is 415 g/mol. The molecule has 3 rings (SSSR count). The molecule has 1 aromatic heterocycles. The molecule has 0 aliphatic rings. The van der Waals surface area contributed by atoms with Crippen molar-refractivity contribution in [2.75, 3.05) is 12.4 Å². The number of hydrogen-bond donors (Lipinski definition) is 2. The number of phenols is 1. The van der Waals surface area contributed by atoms with Gasteiger partial charge in [0.15, 0.2) is 9.84 Å². The fourth-order valence-corrected chi connectivity index (χ4v) is 4.93. The van der Waals surface area contributed by atoms with Crippen LogP contribution in [-0.4, -0.2) is 36.8 Å². The van der Waals surface area contributed by atoms with E-state index in [0.29, 0.717) is 28.6 Å². The van der Waals surface area contributed by atoms with Gasteiger partial charge in [0.25, 0.3) is 0 Å². The summed E-state index contributed by atoms with van der Waals surface area (Å²) in [5, 5.41) is 10.6. The number of nitrogens with one attached hydrogen (secondary N) is 1. The zero-order valence-corrected chi connectivity index (χ0v) is 17.5. The number of aromatic amines is 1. The van der Waals surface area contributed by atoms with Crippen molar-refractivity contribution < 1.29 is 23.1 Å². The van der Waals surface area contributed by atoms with Crippen LogP contribution in [0.5, 0.6) is 5.75 Å². The van der Waals surface area contributed by atoms with E-state index in [1.165, 1.54) is 6.07 Å². The van der Waals surface area contributed by atoms with Crippen molar-refractivity contribution in [3.05, 3.63) is 59.3 Å². The van der Waals surface area contributed by atoms with Crippen molar-refractivity contribution in [3.8, 4) is 5.75 Å². The molecule has 1 heterocycles. The standard InChI is InChI=1S/C22H25NO5S/c1-4-28-22(25)16(13-15-9-7-6-8-10-15)20-21(29(26,27)5-2)19-14(3)18(24)12-11-17(19)23-20/h6-12,16,23-24H,4-5,13H2,1-3H3. The maximum absolute atomic E-state index is 13.0. The molecule has 0 saturated heterocycles. The van der Waals surface area contributed by atoms with Gasteiger partial charge in [-0.05, 0) is 38.0 Å². The van der Waals surface area contributed by atoms with Crippen molar-refractivity contribution >= 4 is 26.7 Å². The summed E-state index contributed by atoms with van der Waals surface area (Å²) < 4.78 is 31.4. The molecule has 1 atom stereocenters. The third-order valence-corrected chi connectivity index (χ3v) is 6.88. The van der Waals surface area contributed by atoms with Gasteiger partial charge in [0.1, 0.15) is 11.7 Å². The lowest BCUT2D eigenvalue weighted by molar-refractivity contribution is -0.145. The lowest BCUT2D eigenvalue weighted by Crippen LogP contribution is -2.21. The molecule has 0 radical (unpaired) electrons. The van der Waals surface area contributed by atoms with Gasteiger partial charge >= 0.3 is 5.97 Å². The molecule has 7 heteroatoms. The first-order valence-electron chi connectivity index (χ1n) is 9.57. The highest BCUT2D eigenvalue weighted by Crippen LogP contribution is 2.38. The van der Waals surface area contributed by atoms with Gasteiger partial charge < -0.3 is 14.8 Å². The predicted molar refractivity (Wildman–Crippen MR) is 112 cm³/mol. The van der Waals surface area contributed by atoms with Crippen molar-refractivity contribution in [2.24, 2.45) is 0 Å². The van der Waals surface area contributed by atoms with Gasteiger partial charge in [0.05, 0.1) is 17.3 Å². The van der Waals surface area contributed by atoms with Crippen LogP contribution in [-0.2, 0) is 25.8 Å². The molecule has 2 N–H and O–H groups in total. The number of aromatic hydroxyl groups is 1. The molecule has 3 aromatic rings. The quantitative estimate of drug-likeness (QED) is 0.571. The molecule has 29 heavy (non-hydrogen) atoms. The number of phenolic OH excluding ortho intramolecular Hbond substituents is 1. The number of aromatic nitrogens is 1. The number of ether oxygens (including phenoxy) is 1. The highest BCUT2D eigenvalue weighted by molar-refractivity contribution is 7.91. The number of carbonyl (C=O) groups is 1. The van der Waals surface area contributed by atoms with Gasteiger partial charge in [-0.3, -0.25) is 4.79 Å². The molecular weight excluding hydrogens is 390 g/mol. The van der Waals surface area contributed by atoms with Gasteiger partial charge in [-0.1, -0.05) is 37.3 Å². The van der Waals surface area contributed by atoms with Gasteiger partial charge in [0.2, 0.25) is 0 Å². The molecule has 0 spiro atoms. The first-order chi connectivity index (χ1) is 13.8. The second-order valence-electron chi connectivity index (χ2n) is 6.90. The topological polar surface area (TPSA) is 96.5 Å². The third-order valence-electron chi connectivity index (χ3n) is 5.07. The molecule has 6 nitrogen and oxygen atoms in total. The number of carbonyl (C=O) groups excluding carboxylic acids is 1. The SMILES string of the molecule is CCOC(=O)C(Cc1ccccc1)c1[nH]c2ccc(O)c(C)c2c1S(=O)(=O)CC. The second-order valence-corrected chi connectivity index (χ2v) is 9.11. The summed E-state index contributed by atoms with van der Waals surface area (Å²) in [6, 6.07) is 12.5. The summed E-state index contributed by atoms with van der Waals surface area (Å²) in [6.07, 6.45) is 0.295. The van der Waals surface area contributed by atoms with Crippen molar-refractivity contribution in [1.29, 1.82) is 0 Å². The number of hydrogen-bond acceptors (Lipinski definition) is 5. The van der Waals surface area contributed by atoms with E-state index in [2.05, 4.69) is 4.98 Å². The van der Waals surface area contributed by atoms with Crippen LogP contribution in [0.2, 0.25) is 0 Å². The molecule has 0 saturated carbocycles. The van der Waals surface area contributed by atoms with Gasteiger partial charge in [-0.15, -0.1) is 0 Å². The molecule has 0 fully saturated rings. The number of sulfone groups is 1. The largest absolute Gasteiger partial charge is 0.508 e. The van der Waals surface area contributed by atoms with Crippen LogP contribution in [0.1, 0.15) is 36.6 Å². The summed E-state index contributed by atoms with van der Waals surface area (Å²) >= 11 is 0. The van der Waals surface area contributed by atoms with E-state index < -0.39 is 21.7 Å². The highest BCUT2D eigenvalue weighted by atomic mass is 32.2. The maximum atomic E-state index is 13.0. The van der Waals surface area contributed by atoms with Crippen molar-refractivity contribution in [3.63, 3.8) is 0 Å². The maximum Gasteiger partial charge on any atom is 0.315 e. The summed E-state index contributed by atoms with van der Waals surface area (Å²) in [4.78, 5) is 16.1. The van der Waals surface area contributed by atoms with Crippen LogP contribution in [0.4, 0.5) is 0 Å². The summed E-state index contributed by atoms with van der Waals surface area (Å²) in [5.41, 5.74) is 2.21. The van der Waals surface area contributed by atoms with Crippen LogP contribution < -0.4 is 0 Å². The average Bonchev–Trinajstić information content (AvgIpc) is 3.10. The number of H-pyrrole nitrogens is 1. The summed E-state index contributed by atoms with van der Waals surface area (Å²) in [7, 11) is -3.69. The number of rotatable bonds is 7. The Bertz CT molecular complexity index is 1130.